The van der Waals surface area contributed by atoms with Crippen LogP contribution in [0.15, 0.2) is 12.1 Å². The lowest BCUT2D eigenvalue weighted by atomic mass is 10.1. The summed E-state index contributed by atoms with van der Waals surface area (Å²) in [5.41, 5.74) is -0.150. The summed E-state index contributed by atoms with van der Waals surface area (Å²) in [6.45, 7) is 0. The molecule has 14 heavy (non-hydrogen) atoms. The molecule has 0 aromatic heterocycles. The molecule has 0 saturated heterocycles. The first-order valence-electron chi connectivity index (χ1n) is 3.75. The van der Waals surface area contributed by atoms with Crippen LogP contribution in [0.4, 0.5) is 13.2 Å². The van der Waals surface area contributed by atoms with Crippen molar-refractivity contribution in [3.8, 4) is 6.07 Å². The number of hydrogen-bond acceptors (Lipinski definition) is 2. The van der Waals surface area contributed by atoms with Crippen molar-refractivity contribution in [3.63, 3.8) is 0 Å². The van der Waals surface area contributed by atoms with Crippen molar-refractivity contribution in [1.82, 2.24) is 0 Å². The van der Waals surface area contributed by atoms with Crippen molar-refractivity contribution in [2.45, 2.75) is 12.5 Å². The summed E-state index contributed by atoms with van der Waals surface area (Å²) in [4.78, 5) is 0. The fraction of sp³-hybridized carbons (Fsp3) is 0.222. The predicted octanol–water partition coefficient (Wildman–Crippen LogP) is 2.05. The lowest BCUT2D eigenvalue weighted by molar-refractivity contribution is 0.182. The molecular weight excluding hydrogens is 195 g/mol. The molecule has 0 aliphatic carbocycles. The molecule has 1 unspecified atom stereocenters. The van der Waals surface area contributed by atoms with Gasteiger partial charge in [0.2, 0.25) is 0 Å². The molecule has 2 nitrogen and oxygen atoms in total. The Balaban J connectivity index is 3.07. The van der Waals surface area contributed by atoms with Gasteiger partial charge < -0.3 is 5.11 Å². The van der Waals surface area contributed by atoms with E-state index >= 15 is 0 Å². The molecule has 0 aliphatic heterocycles. The molecular formula is C9H6F3NO. The van der Waals surface area contributed by atoms with Crippen LogP contribution in [0.2, 0.25) is 0 Å². The van der Waals surface area contributed by atoms with Gasteiger partial charge in [-0.15, -0.1) is 0 Å². The highest BCUT2D eigenvalue weighted by atomic mass is 19.2. The quantitative estimate of drug-likeness (QED) is 0.744. The number of aliphatic hydroxyl groups is 1. The zero-order valence-electron chi connectivity index (χ0n) is 6.97. The maximum absolute atomic E-state index is 12.6. The summed E-state index contributed by atoms with van der Waals surface area (Å²) < 4.78 is 37.7. The first-order valence-corrected chi connectivity index (χ1v) is 3.75. The Morgan fingerprint density at radius 2 is 1.79 bits per heavy atom. The molecule has 0 fully saturated rings. The van der Waals surface area contributed by atoms with Gasteiger partial charge in [0, 0.05) is 0 Å². The average Bonchev–Trinajstić information content (AvgIpc) is 2.13. The Bertz CT molecular complexity index is 363. The summed E-state index contributed by atoms with van der Waals surface area (Å²) in [6, 6.07) is 2.97. The van der Waals surface area contributed by atoms with Crippen molar-refractivity contribution in [1.29, 1.82) is 5.26 Å². The van der Waals surface area contributed by atoms with Crippen molar-refractivity contribution in [3.05, 3.63) is 35.1 Å². The van der Waals surface area contributed by atoms with E-state index in [9.17, 15) is 18.3 Å². The monoisotopic (exact) mass is 201 g/mol. The molecule has 74 valence electrons. The molecule has 0 radical (unpaired) electrons. The molecule has 1 aromatic rings. The molecule has 0 saturated carbocycles. The molecule has 0 bridgehead atoms. The van der Waals surface area contributed by atoms with Gasteiger partial charge in [0.25, 0.3) is 0 Å². The Hall–Kier alpha value is -1.54. The van der Waals surface area contributed by atoms with Gasteiger partial charge in [0.15, 0.2) is 17.5 Å². The van der Waals surface area contributed by atoms with E-state index in [0.29, 0.717) is 12.1 Å². The minimum absolute atomic E-state index is 0.150. The topological polar surface area (TPSA) is 44.0 Å². The Morgan fingerprint density at radius 3 is 2.21 bits per heavy atom. The van der Waals surface area contributed by atoms with Crippen LogP contribution >= 0.6 is 0 Å². The molecule has 1 aromatic carbocycles. The van der Waals surface area contributed by atoms with E-state index in [2.05, 4.69) is 0 Å². The lowest BCUT2D eigenvalue weighted by Crippen LogP contribution is -2.00. The van der Waals surface area contributed by atoms with Gasteiger partial charge in [-0.25, -0.2) is 13.2 Å². The van der Waals surface area contributed by atoms with E-state index in [1.807, 2.05) is 0 Å². The Labute approximate surface area is 78.2 Å². The van der Waals surface area contributed by atoms with Gasteiger partial charge in [-0.1, -0.05) is 0 Å². The number of aliphatic hydroxyl groups excluding tert-OH is 1. The molecule has 1 atom stereocenters. The van der Waals surface area contributed by atoms with Gasteiger partial charge in [0.1, 0.15) is 0 Å². The zero-order valence-corrected chi connectivity index (χ0v) is 6.97. The van der Waals surface area contributed by atoms with Gasteiger partial charge in [-0.2, -0.15) is 5.26 Å². The third kappa shape index (κ3) is 2.03. The third-order valence-corrected chi connectivity index (χ3v) is 1.68. The minimum atomic E-state index is -1.59. The fourth-order valence-corrected chi connectivity index (χ4v) is 0.972. The second-order valence-electron chi connectivity index (χ2n) is 2.68. The highest BCUT2D eigenvalue weighted by molar-refractivity contribution is 5.22. The molecule has 5 heteroatoms. The van der Waals surface area contributed by atoms with Crippen LogP contribution in [-0.2, 0) is 0 Å². The van der Waals surface area contributed by atoms with Crippen molar-refractivity contribution < 1.29 is 18.3 Å². The van der Waals surface area contributed by atoms with Gasteiger partial charge in [-0.3, -0.25) is 0 Å². The summed E-state index contributed by atoms with van der Waals surface area (Å²) in [5.74, 6) is -4.34. The maximum Gasteiger partial charge on any atom is 0.194 e. The van der Waals surface area contributed by atoms with E-state index in [0.717, 1.165) is 0 Å². The van der Waals surface area contributed by atoms with Gasteiger partial charge in [0.05, 0.1) is 18.6 Å². The minimum Gasteiger partial charge on any atom is -0.387 e. The van der Waals surface area contributed by atoms with Crippen LogP contribution in [-0.4, -0.2) is 5.11 Å². The zero-order chi connectivity index (χ0) is 10.7. The van der Waals surface area contributed by atoms with Gasteiger partial charge >= 0.3 is 0 Å². The number of rotatable bonds is 2. The number of nitriles is 1. The maximum atomic E-state index is 12.6. The lowest BCUT2D eigenvalue weighted by Gasteiger charge is -2.07. The SMILES string of the molecule is N#CCC(O)c1cc(F)c(F)c(F)c1. The third-order valence-electron chi connectivity index (χ3n) is 1.68. The molecule has 0 spiro atoms. The number of halogens is 3. The highest BCUT2D eigenvalue weighted by Crippen LogP contribution is 2.20. The second kappa shape index (κ2) is 4.11. The standard InChI is InChI=1S/C9H6F3NO/c10-6-3-5(8(14)1-2-13)4-7(11)9(6)12/h3-4,8,14H,1H2. The Morgan fingerprint density at radius 1 is 1.29 bits per heavy atom. The highest BCUT2D eigenvalue weighted by Gasteiger charge is 2.15. The molecule has 0 aliphatic rings. The van der Waals surface area contributed by atoms with Crippen molar-refractivity contribution >= 4 is 0 Å². The molecule has 0 amide bonds. The van der Waals surface area contributed by atoms with Crippen LogP contribution in [0.25, 0.3) is 0 Å². The average molecular weight is 201 g/mol. The van der Waals surface area contributed by atoms with Crippen LogP contribution in [0.3, 0.4) is 0 Å². The van der Waals surface area contributed by atoms with E-state index < -0.39 is 23.6 Å². The van der Waals surface area contributed by atoms with Crippen LogP contribution in [0, 0.1) is 28.8 Å². The molecule has 1 rings (SSSR count). The van der Waals surface area contributed by atoms with Crippen LogP contribution < -0.4 is 0 Å². The summed E-state index contributed by atoms with van der Waals surface area (Å²) in [6.07, 6.45) is -1.60. The Kier molecular flexibility index (Phi) is 3.10. The largest absolute Gasteiger partial charge is 0.387 e. The van der Waals surface area contributed by atoms with Crippen molar-refractivity contribution in [2.24, 2.45) is 0 Å². The molecule has 1 N–H and O–H groups in total. The van der Waals surface area contributed by atoms with Gasteiger partial charge in [-0.05, 0) is 17.7 Å². The number of hydrogen-bond donors (Lipinski definition) is 1. The van der Waals surface area contributed by atoms with E-state index in [1.54, 1.807) is 6.07 Å². The van der Waals surface area contributed by atoms with E-state index in [4.69, 9.17) is 5.26 Å². The first-order chi connectivity index (χ1) is 6.56. The number of benzene rings is 1. The first kappa shape index (κ1) is 10.5. The fourth-order valence-electron chi connectivity index (χ4n) is 0.972. The van der Waals surface area contributed by atoms with Crippen molar-refractivity contribution in [2.75, 3.05) is 0 Å². The van der Waals surface area contributed by atoms with Crippen LogP contribution in [0.5, 0.6) is 0 Å². The van der Waals surface area contributed by atoms with Crippen LogP contribution in [0.1, 0.15) is 18.1 Å². The summed E-state index contributed by atoms with van der Waals surface area (Å²) >= 11 is 0. The second-order valence-corrected chi connectivity index (χ2v) is 2.68. The summed E-state index contributed by atoms with van der Waals surface area (Å²) in [5, 5.41) is 17.4. The number of nitrogens with zero attached hydrogens (tertiary/aromatic N) is 1. The predicted molar refractivity (Wildman–Crippen MR) is 41.5 cm³/mol. The van der Waals surface area contributed by atoms with E-state index in [1.165, 1.54) is 0 Å². The molecule has 0 heterocycles. The van der Waals surface area contributed by atoms with E-state index in [-0.39, 0.29) is 12.0 Å². The normalized spacial score (nSPS) is 12.2. The summed E-state index contributed by atoms with van der Waals surface area (Å²) in [7, 11) is 0. The smallest absolute Gasteiger partial charge is 0.194 e.